The van der Waals surface area contributed by atoms with E-state index >= 15 is 0 Å². The van der Waals surface area contributed by atoms with Crippen LogP contribution >= 0.6 is 0 Å². The number of anilines is 1. The molecule has 0 bridgehead atoms. The molecule has 1 aliphatic heterocycles. The van der Waals surface area contributed by atoms with Gasteiger partial charge in [0.15, 0.2) is 11.5 Å². The topological polar surface area (TPSA) is 84.8 Å². The Kier molecular flexibility index (Phi) is 5.10. The Balaban J connectivity index is 1.60. The van der Waals surface area contributed by atoms with Gasteiger partial charge in [0.2, 0.25) is 0 Å². The maximum Gasteiger partial charge on any atom is 0.164 e. The zero-order valence-corrected chi connectivity index (χ0v) is 17.4. The number of ether oxygens (including phenoxy) is 1. The molecule has 0 aliphatic carbocycles. The lowest BCUT2D eigenvalue weighted by Crippen LogP contribution is -2.36. The summed E-state index contributed by atoms with van der Waals surface area (Å²) in [5.74, 6) is 0.728. The molecular weight excluding hydrogens is 390 g/mol. The van der Waals surface area contributed by atoms with Gasteiger partial charge in [0, 0.05) is 37.5 Å². The van der Waals surface area contributed by atoms with Gasteiger partial charge in [-0.3, -0.25) is 0 Å². The molecule has 31 heavy (non-hydrogen) atoms. The van der Waals surface area contributed by atoms with Gasteiger partial charge in [-0.1, -0.05) is 23.8 Å². The van der Waals surface area contributed by atoms with Gasteiger partial charge in [-0.25, -0.2) is 14.6 Å². The van der Waals surface area contributed by atoms with Crippen molar-refractivity contribution in [1.82, 2.24) is 24.3 Å². The molecule has 0 unspecified atom stereocenters. The molecule has 1 saturated heterocycles. The highest BCUT2D eigenvalue weighted by Crippen LogP contribution is 2.29. The number of hydrogen-bond acceptors (Lipinski definition) is 6. The average Bonchev–Trinajstić information content (AvgIpc) is 3.45. The highest BCUT2D eigenvalue weighted by molar-refractivity contribution is 5.87. The summed E-state index contributed by atoms with van der Waals surface area (Å²) < 4.78 is 9.28. The van der Waals surface area contributed by atoms with E-state index in [4.69, 9.17) is 20.1 Å². The van der Waals surface area contributed by atoms with Gasteiger partial charge >= 0.3 is 0 Å². The highest BCUT2D eigenvalue weighted by Gasteiger charge is 2.20. The molecule has 0 N–H and O–H groups in total. The predicted molar refractivity (Wildman–Crippen MR) is 118 cm³/mol. The fourth-order valence-electron chi connectivity index (χ4n) is 3.91. The Morgan fingerprint density at radius 2 is 2.03 bits per heavy atom. The number of pyridine rings is 1. The molecular formula is C23H23N7O. The van der Waals surface area contributed by atoms with Crippen LogP contribution in [-0.2, 0) is 11.3 Å². The number of aromatic nitrogens is 5. The molecule has 3 aromatic heterocycles. The molecule has 4 heterocycles. The number of nitriles is 1. The number of aryl methyl sites for hydroxylation is 2. The minimum Gasteiger partial charge on any atom is -0.378 e. The highest BCUT2D eigenvalue weighted by atomic mass is 16.5. The third kappa shape index (κ3) is 3.76. The number of hydrogen-bond donors (Lipinski definition) is 0. The van der Waals surface area contributed by atoms with E-state index in [1.807, 2.05) is 33.6 Å². The number of benzene rings is 1. The van der Waals surface area contributed by atoms with Crippen molar-refractivity contribution in [3.63, 3.8) is 0 Å². The second-order valence-corrected chi connectivity index (χ2v) is 7.63. The van der Waals surface area contributed by atoms with E-state index in [1.54, 1.807) is 6.33 Å². The van der Waals surface area contributed by atoms with Crippen LogP contribution in [0.25, 0.3) is 28.2 Å². The Bertz CT molecular complexity index is 1260. The largest absolute Gasteiger partial charge is 0.378 e. The van der Waals surface area contributed by atoms with Gasteiger partial charge in [0.05, 0.1) is 43.4 Å². The van der Waals surface area contributed by atoms with Crippen molar-refractivity contribution in [1.29, 1.82) is 5.26 Å². The maximum absolute atomic E-state index is 9.02. The monoisotopic (exact) mass is 413 g/mol. The predicted octanol–water partition coefficient (Wildman–Crippen LogP) is 3.34. The minimum atomic E-state index is 0.406. The fourth-order valence-corrected chi connectivity index (χ4v) is 3.91. The molecule has 8 heteroatoms. The number of morpholine rings is 1. The summed E-state index contributed by atoms with van der Waals surface area (Å²) in [6.07, 6.45) is 4.11. The zero-order chi connectivity index (χ0) is 21.2. The first kappa shape index (κ1) is 19.3. The number of imidazole rings is 1. The molecule has 0 amide bonds. The van der Waals surface area contributed by atoms with E-state index in [0.717, 1.165) is 47.0 Å². The molecule has 4 aromatic rings. The lowest BCUT2D eigenvalue weighted by atomic mass is 10.1. The van der Waals surface area contributed by atoms with Crippen molar-refractivity contribution in [2.75, 3.05) is 31.2 Å². The third-order valence-corrected chi connectivity index (χ3v) is 5.49. The fraction of sp³-hybridized carbons (Fsp3) is 0.304. The first-order valence-corrected chi connectivity index (χ1v) is 10.4. The van der Waals surface area contributed by atoms with E-state index in [0.29, 0.717) is 26.2 Å². The van der Waals surface area contributed by atoms with Crippen molar-refractivity contribution in [3.05, 3.63) is 54.5 Å². The van der Waals surface area contributed by atoms with Gasteiger partial charge in [-0.05, 0) is 19.1 Å². The summed E-state index contributed by atoms with van der Waals surface area (Å²) in [5, 5.41) is 13.8. The van der Waals surface area contributed by atoms with Crippen LogP contribution in [0.15, 0.2) is 48.9 Å². The van der Waals surface area contributed by atoms with Gasteiger partial charge in [0.25, 0.3) is 0 Å². The van der Waals surface area contributed by atoms with Crippen LogP contribution in [0.3, 0.4) is 0 Å². The smallest absolute Gasteiger partial charge is 0.164 e. The van der Waals surface area contributed by atoms with Crippen LogP contribution in [0.2, 0.25) is 0 Å². The van der Waals surface area contributed by atoms with Crippen LogP contribution in [0.5, 0.6) is 0 Å². The summed E-state index contributed by atoms with van der Waals surface area (Å²) in [6, 6.07) is 14.5. The average molecular weight is 413 g/mol. The van der Waals surface area contributed by atoms with Crippen LogP contribution in [0.4, 0.5) is 5.69 Å². The third-order valence-electron chi connectivity index (χ3n) is 5.49. The van der Waals surface area contributed by atoms with Crippen molar-refractivity contribution in [2.24, 2.45) is 0 Å². The van der Waals surface area contributed by atoms with Gasteiger partial charge in [-0.2, -0.15) is 10.4 Å². The maximum atomic E-state index is 9.02. The summed E-state index contributed by atoms with van der Waals surface area (Å²) >= 11 is 0. The number of nitrogens with zero attached hydrogens (tertiary/aromatic N) is 7. The summed E-state index contributed by atoms with van der Waals surface area (Å²) in [4.78, 5) is 11.8. The Morgan fingerprint density at radius 3 is 2.84 bits per heavy atom. The molecule has 1 aliphatic rings. The minimum absolute atomic E-state index is 0.406. The van der Waals surface area contributed by atoms with Crippen LogP contribution in [0.1, 0.15) is 12.0 Å². The molecule has 0 radical (unpaired) electrons. The van der Waals surface area contributed by atoms with E-state index < -0.39 is 0 Å². The second-order valence-electron chi connectivity index (χ2n) is 7.63. The molecule has 8 nitrogen and oxygen atoms in total. The van der Waals surface area contributed by atoms with Crippen LogP contribution < -0.4 is 4.90 Å². The van der Waals surface area contributed by atoms with Crippen molar-refractivity contribution in [3.8, 4) is 23.1 Å². The Morgan fingerprint density at radius 1 is 1.16 bits per heavy atom. The van der Waals surface area contributed by atoms with Gasteiger partial charge in [0.1, 0.15) is 5.52 Å². The molecule has 0 saturated carbocycles. The molecule has 5 rings (SSSR count). The summed E-state index contributed by atoms with van der Waals surface area (Å²) in [5.41, 5.74) is 5.80. The lowest BCUT2D eigenvalue weighted by Gasteiger charge is -2.29. The number of fused-ring (bicyclic) bond motifs is 1. The molecule has 0 spiro atoms. The quantitative estimate of drug-likeness (QED) is 0.499. The van der Waals surface area contributed by atoms with Crippen molar-refractivity contribution < 1.29 is 4.74 Å². The summed E-state index contributed by atoms with van der Waals surface area (Å²) in [7, 11) is 0. The first-order valence-electron chi connectivity index (χ1n) is 10.4. The van der Waals surface area contributed by atoms with Gasteiger partial charge < -0.3 is 14.2 Å². The van der Waals surface area contributed by atoms with Crippen LogP contribution in [0, 0.1) is 18.3 Å². The Hall–Kier alpha value is -3.70. The normalized spacial score (nSPS) is 14.1. The molecule has 0 atom stereocenters. The van der Waals surface area contributed by atoms with E-state index in [1.165, 1.54) is 5.56 Å². The molecule has 1 fully saturated rings. The molecule has 156 valence electrons. The SMILES string of the molecule is Cc1cccc(-c2ccn(-c3cc(N4CCOCC4)c4ncn(CCC#N)c4n3)n2)c1. The van der Waals surface area contributed by atoms with E-state index in [-0.39, 0.29) is 0 Å². The first-order chi connectivity index (χ1) is 15.2. The van der Waals surface area contributed by atoms with Crippen molar-refractivity contribution >= 4 is 16.9 Å². The zero-order valence-electron chi connectivity index (χ0n) is 17.4. The van der Waals surface area contributed by atoms with Crippen molar-refractivity contribution in [2.45, 2.75) is 19.9 Å². The van der Waals surface area contributed by atoms with Crippen LogP contribution in [-0.4, -0.2) is 50.6 Å². The van der Waals surface area contributed by atoms with Gasteiger partial charge in [-0.15, -0.1) is 0 Å². The summed E-state index contributed by atoms with van der Waals surface area (Å²) in [6.45, 7) is 5.61. The number of rotatable bonds is 5. The van der Waals surface area contributed by atoms with E-state index in [2.05, 4.69) is 41.1 Å². The Labute approximate surface area is 180 Å². The second kappa shape index (κ2) is 8.20. The lowest BCUT2D eigenvalue weighted by molar-refractivity contribution is 0.123. The van der Waals surface area contributed by atoms with E-state index in [9.17, 15) is 0 Å². The standard InChI is InChI=1S/C23H23N7O/c1-17-4-2-5-18(14-17)19-6-9-30(27-19)21-15-20(28-10-12-31-13-11-28)22-23(26-21)29(16-25-22)8-3-7-24/h2,4-6,9,14-16H,3,8,10-13H2,1H3. The molecule has 1 aromatic carbocycles.